The fraction of sp³-hybridized carbons (Fsp3) is 0.667. The molecule has 1 aromatic heterocycles. The third kappa shape index (κ3) is 9.37. The van der Waals surface area contributed by atoms with E-state index in [0.717, 1.165) is 18.6 Å². The molecule has 0 aromatic carbocycles. The maximum Gasteiger partial charge on any atom is 0.240 e. The van der Waals surface area contributed by atoms with Crippen molar-refractivity contribution in [2.75, 3.05) is 0 Å². The average molecular weight is 306 g/mol. The summed E-state index contributed by atoms with van der Waals surface area (Å²) in [4.78, 5) is 11.6. The Kier molecular flexibility index (Phi) is 10.1. The Morgan fingerprint density at radius 3 is 2.32 bits per heavy atom. The van der Waals surface area contributed by atoms with E-state index in [1.54, 1.807) is 0 Å². The number of furan rings is 1. The minimum absolute atomic E-state index is 0.0255. The second kappa shape index (κ2) is 12.0. The van der Waals surface area contributed by atoms with E-state index in [0.29, 0.717) is 12.2 Å². The van der Waals surface area contributed by atoms with Crippen LogP contribution in [0.15, 0.2) is 21.7 Å². The number of rotatable bonds is 12. The predicted molar refractivity (Wildman–Crippen MR) is 91.0 cm³/mol. The number of amides is 1. The molecule has 1 aromatic rings. The summed E-state index contributed by atoms with van der Waals surface area (Å²) in [6.07, 6.45) is 13.4. The van der Waals surface area contributed by atoms with Gasteiger partial charge in [0.05, 0.1) is 6.21 Å². The number of hydrazone groups is 1. The zero-order chi connectivity index (χ0) is 16.0. The number of nitrogens with one attached hydrogen (secondary N) is 1. The number of nitrogens with zero attached hydrogens (tertiary/aromatic N) is 1. The lowest BCUT2D eigenvalue weighted by Crippen LogP contribution is -2.16. The van der Waals surface area contributed by atoms with Gasteiger partial charge in [-0.3, -0.25) is 4.79 Å². The van der Waals surface area contributed by atoms with E-state index in [1.165, 1.54) is 51.2 Å². The van der Waals surface area contributed by atoms with E-state index < -0.39 is 0 Å². The van der Waals surface area contributed by atoms with Gasteiger partial charge in [0.2, 0.25) is 5.91 Å². The molecule has 0 unspecified atom stereocenters. The van der Waals surface area contributed by atoms with Crippen LogP contribution in [0.1, 0.15) is 82.7 Å². The van der Waals surface area contributed by atoms with Gasteiger partial charge >= 0.3 is 0 Å². The molecule has 4 heteroatoms. The van der Waals surface area contributed by atoms with Crippen LogP contribution in [0.4, 0.5) is 0 Å². The summed E-state index contributed by atoms with van der Waals surface area (Å²) in [7, 11) is 0. The monoisotopic (exact) mass is 306 g/mol. The second-order valence-corrected chi connectivity index (χ2v) is 5.82. The highest BCUT2D eigenvalue weighted by Gasteiger charge is 2.00. The molecule has 0 atom stereocenters. The van der Waals surface area contributed by atoms with Crippen LogP contribution in [0, 0.1) is 6.92 Å². The van der Waals surface area contributed by atoms with E-state index in [9.17, 15) is 4.79 Å². The van der Waals surface area contributed by atoms with Crippen molar-refractivity contribution in [3.8, 4) is 0 Å². The van der Waals surface area contributed by atoms with Crippen LogP contribution in [-0.4, -0.2) is 12.1 Å². The number of unbranched alkanes of at least 4 members (excludes halogenated alkanes) is 8. The second-order valence-electron chi connectivity index (χ2n) is 5.82. The summed E-state index contributed by atoms with van der Waals surface area (Å²) in [6.45, 7) is 4.12. The SMILES string of the molecule is CCCCCCCCCCCC(=O)NN=Cc1ccc(C)o1. The van der Waals surface area contributed by atoms with Gasteiger partial charge in [0.1, 0.15) is 11.5 Å². The summed E-state index contributed by atoms with van der Waals surface area (Å²) >= 11 is 0. The molecule has 0 saturated heterocycles. The number of carbonyl (C=O) groups excluding carboxylic acids is 1. The summed E-state index contributed by atoms with van der Waals surface area (Å²) in [5.74, 6) is 1.46. The van der Waals surface area contributed by atoms with Crippen LogP contribution in [0.5, 0.6) is 0 Å². The van der Waals surface area contributed by atoms with Crippen molar-refractivity contribution in [1.82, 2.24) is 5.43 Å². The van der Waals surface area contributed by atoms with Gasteiger partial charge in [-0.1, -0.05) is 58.3 Å². The molecule has 0 spiro atoms. The molecule has 0 aliphatic rings. The Labute approximate surface area is 134 Å². The first kappa shape index (κ1) is 18.5. The fourth-order valence-electron chi connectivity index (χ4n) is 2.34. The molecule has 124 valence electrons. The molecule has 0 aliphatic carbocycles. The number of aryl methyl sites for hydroxylation is 1. The molecule has 0 bridgehead atoms. The fourth-order valence-corrected chi connectivity index (χ4v) is 2.34. The van der Waals surface area contributed by atoms with E-state index in [2.05, 4.69) is 17.5 Å². The molecule has 1 amide bonds. The van der Waals surface area contributed by atoms with Crippen molar-refractivity contribution in [3.63, 3.8) is 0 Å². The van der Waals surface area contributed by atoms with Gasteiger partial charge in [-0.15, -0.1) is 0 Å². The third-order valence-electron chi connectivity index (χ3n) is 3.65. The van der Waals surface area contributed by atoms with Gasteiger partial charge in [-0.25, -0.2) is 5.43 Å². The van der Waals surface area contributed by atoms with Crippen LogP contribution in [-0.2, 0) is 4.79 Å². The smallest absolute Gasteiger partial charge is 0.240 e. The molecule has 0 saturated carbocycles. The van der Waals surface area contributed by atoms with Crippen LogP contribution in [0.25, 0.3) is 0 Å². The zero-order valence-electron chi connectivity index (χ0n) is 14.1. The van der Waals surface area contributed by atoms with Gasteiger partial charge < -0.3 is 4.42 Å². The minimum atomic E-state index is -0.0255. The van der Waals surface area contributed by atoms with Crippen molar-refractivity contribution in [2.45, 2.75) is 78.1 Å². The van der Waals surface area contributed by atoms with E-state index in [1.807, 2.05) is 19.1 Å². The van der Waals surface area contributed by atoms with E-state index in [4.69, 9.17) is 4.42 Å². The molecule has 0 fully saturated rings. The Morgan fingerprint density at radius 1 is 1.09 bits per heavy atom. The van der Waals surface area contributed by atoms with Crippen LogP contribution >= 0.6 is 0 Å². The highest BCUT2D eigenvalue weighted by molar-refractivity contribution is 5.80. The maximum atomic E-state index is 11.6. The zero-order valence-corrected chi connectivity index (χ0v) is 14.1. The van der Waals surface area contributed by atoms with Crippen LogP contribution in [0.2, 0.25) is 0 Å². The minimum Gasteiger partial charge on any atom is -0.460 e. The van der Waals surface area contributed by atoms with Crippen LogP contribution < -0.4 is 5.43 Å². The van der Waals surface area contributed by atoms with Crippen molar-refractivity contribution in [2.24, 2.45) is 5.10 Å². The van der Waals surface area contributed by atoms with Gasteiger partial charge in [0.15, 0.2) is 0 Å². The van der Waals surface area contributed by atoms with E-state index in [-0.39, 0.29) is 5.91 Å². The lowest BCUT2D eigenvalue weighted by atomic mass is 10.1. The quantitative estimate of drug-likeness (QED) is 0.337. The average Bonchev–Trinajstić information content (AvgIpc) is 2.91. The standard InChI is InChI=1S/C18H30N2O2/c1-3-4-5-6-7-8-9-10-11-12-18(21)20-19-15-17-14-13-16(2)22-17/h13-15H,3-12H2,1-2H3,(H,20,21). The Balaban J connectivity index is 1.94. The van der Waals surface area contributed by atoms with Gasteiger partial charge in [-0.2, -0.15) is 5.10 Å². The van der Waals surface area contributed by atoms with Gasteiger partial charge in [-0.05, 0) is 25.5 Å². The van der Waals surface area contributed by atoms with Crippen molar-refractivity contribution in [1.29, 1.82) is 0 Å². The van der Waals surface area contributed by atoms with Gasteiger partial charge in [0, 0.05) is 6.42 Å². The summed E-state index contributed by atoms with van der Waals surface area (Å²) in [5, 5.41) is 3.89. The lowest BCUT2D eigenvalue weighted by Gasteiger charge is -2.02. The number of carbonyl (C=O) groups is 1. The number of hydrogen-bond donors (Lipinski definition) is 1. The highest BCUT2D eigenvalue weighted by atomic mass is 16.3. The largest absolute Gasteiger partial charge is 0.460 e. The lowest BCUT2D eigenvalue weighted by molar-refractivity contribution is -0.121. The molecular formula is C18H30N2O2. The Bertz CT molecular complexity index is 438. The highest BCUT2D eigenvalue weighted by Crippen LogP contribution is 2.10. The Morgan fingerprint density at radius 2 is 1.73 bits per heavy atom. The molecule has 4 nitrogen and oxygen atoms in total. The normalized spacial score (nSPS) is 11.2. The van der Waals surface area contributed by atoms with Crippen molar-refractivity contribution in [3.05, 3.63) is 23.7 Å². The van der Waals surface area contributed by atoms with Crippen molar-refractivity contribution >= 4 is 12.1 Å². The molecule has 1 N–H and O–H groups in total. The predicted octanol–water partition coefficient (Wildman–Crippen LogP) is 4.96. The summed E-state index contributed by atoms with van der Waals surface area (Å²) in [5.41, 5.74) is 2.54. The molecule has 0 aliphatic heterocycles. The first-order valence-electron chi connectivity index (χ1n) is 8.60. The van der Waals surface area contributed by atoms with Gasteiger partial charge in [0.25, 0.3) is 0 Å². The first-order valence-corrected chi connectivity index (χ1v) is 8.60. The molecule has 1 heterocycles. The van der Waals surface area contributed by atoms with Crippen molar-refractivity contribution < 1.29 is 9.21 Å². The van der Waals surface area contributed by atoms with E-state index >= 15 is 0 Å². The Hall–Kier alpha value is -1.58. The summed E-state index contributed by atoms with van der Waals surface area (Å²) < 4.78 is 5.33. The van der Waals surface area contributed by atoms with Crippen LogP contribution in [0.3, 0.4) is 0 Å². The molecule has 22 heavy (non-hydrogen) atoms. The number of hydrogen-bond acceptors (Lipinski definition) is 3. The summed E-state index contributed by atoms with van der Waals surface area (Å²) in [6, 6.07) is 3.69. The topological polar surface area (TPSA) is 54.6 Å². The molecule has 1 rings (SSSR count). The molecular weight excluding hydrogens is 276 g/mol. The maximum absolute atomic E-state index is 11.6. The molecule has 0 radical (unpaired) electrons. The first-order chi connectivity index (χ1) is 10.7. The third-order valence-corrected chi connectivity index (χ3v) is 3.65.